The van der Waals surface area contributed by atoms with Gasteiger partial charge in [-0.1, -0.05) is 72.8 Å². The Bertz CT molecular complexity index is 4640. The zero-order chi connectivity index (χ0) is 51.8. The van der Waals surface area contributed by atoms with Gasteiger partial charge < -0.3 is 13.7 Å². The van der Waals surface area contributed by atoms with E-state index in [0.717, 1.165) is 166 Å². The highest BCUT2D eigenvalue weighted by Gasteiger charge is 2.22. The van der Waals surface area contributed by atoms with Crippen LogP contribution in [0, 0.1) is 0 Å². The van der Waals surface area contributed by atoms with Gasteiger partial charge >= 0.3 is 0 Å². The molecule has 0 unspecified atom stereocenters. The van der Waals surface area contributed by atoms with Gasteiger partial charge in [0.15, 0.2) is 0 Å². The second-order valence-electron chi connectivity index (χ2n) is 20.0. The van der Waals surface area contributed by atoms with Gasteiger partial charge in [0.1, 0.15) is 17.5 Å². The summed E-state index contributed by atoms with van der Waals surface area (Å²) in [6.45, 7) is 0. The molecule has 12 nitrogen and oxygen atoms in total. The van der Waals surface area contributed by atoms with Crippen LogP contribution >= 0.6 is 0 Å². The minimum Gasteiger partial charge on any atom is -0.327 e. The van der Waals surface area contributed by atoms with Gasteiger partial charge in [-0.25, -0.2) is 15.0 Å². The second kappa shape index (κ2) is 16.7. The monoisotopic (exact) mass is 1000 g/mol. The molecule has 0 saturated heterocycles. The smallest absolute Gasteiger partial charge is 0.140 e. The maximum absolute atomic E-state index is 5.29. The summed E-state index contributed by atoms with van der Waals surface area (Å²) in [5.41, 5.74) is 20.6. The first-order valence-electron chi connectivity index (χ1n) is 25.8. The highest BCUT2D eigenvalue weighted by Crippen LogP contribution is 2.41. The lowest BCUT2D eigenvalue weighted by molar-refractivity contribution is 0.962. The largest absolute Gasteiger partial charge is 0.327 e. The minimum atomic E-state index is 0.854. The van der Waals surface area contributed by atoms with Crippen LogP contribution in [0.3, 0.4) is 0 Å². The molecular formula is C66H42N12. The Morgan fingerprint density at radius 2 is 0.449 bits per heavy atom. The van der Waals surface area contributed by atoms with Crippen LogP contribution in [0.4, 0.5) is 0 Å². The first-order chi connectivity index (χ1) is 38.4. The van der Waals surface area contributed by atoms with Gasteiger partial charge in [0.05, 0.1) is 66.2 Å². The van der Waals surface area contributed by atoms with Gasteiger partial charge in [0.25, 0.3) is 0 Å². The van der Waals surface area contributed by atoms with Crippen LogP contribution in [0.5, 0.6) is 0 Å². The average molecular weight is 1000 g/mol. The van der Waals surface area contributed by atoms with E-state index in [1.807, 2.05) is 73.6 Å². The van der Waals surface area contributed by atoms with Crippen molar-refractivity contribution in [2.45, 2.75) is 0 Å². The van der Waals surface area contributed by atoms with Crippen LogP contribution in [-0.2, 0) is 21.1 Å². The molecule has 9 aromatic heterocycles. The molecule has 0 aliphatic heterocycles. The van der Waals surface area contributed by atoms with Gasteiger partial charge in [-0.15, -0.1) is 0 Å². The highest BCUT2D eigenvalue weighted by atomic mass is 15.1. The van der Waals surface area contributed by atoms with Crippen molar-refractivity contribution in [1.29, 1.82) is 0 Å². The minimum absolute atomic E-state index is 0.854. The standard InChI is InChI=1S/C66H42N12/c1-76-61-49-13-7-31-70-55(49)52-46(10-4-28-67-52)58(61)73-64(76)40-22-16-37(17-23-40)43-34-44(38-18-24-41(25-19-38)65-74-59-47-11-5-29-68-53(47)56-50(14-8-32-71-56)62(59)77(65)2)36-45(35-43)39-20-26-42(27-21-39)66-75-60-48-12-6-30-69-54(48)57-51(15-9-33-72-57)63(60)78(66)3/h4-36H,1-3H3. The van der Waals surface area contributed by atoms with Crippen LogP contribution in [0.1, 0.15) is 0 Å². The van der Waals surface area contributed by atoms with Gasteiger partial charge in [0, 0.05) is 107 Å². The number of fused-ring (bicyclic) bond motifs is 18. The summed E-state index contributed by atoms with van der Waals surface area (Å²) in [5, 5.41) is 6.03. The Balaban J connectivity index is 0.811. The zero-order valence-corrected chi connectivity index (χ0v) is 42.4. The van der Waals surface area contributed by atoms with Gasteiger partial charge in [-0.2, -0.15) is 0 Å². The van der Waals surface area contributed by atoms with Gasteiger partial charge in [-0.05, 0) is 124 Å². The zero-order valence-electron chi connectivity index (χ0n) is 42.4. The Morgan fingerprint density at radius 1 is 0.231 bits per heavy atom. The van der Waals surface area contributed by atoms with Crippen LogP contribution in [-0.4, -0.2) is 58.6 Å². The van der Waals surface area contributed by atoms with E-state index in [9.17, 15) is 0 Å². The summed E-state index contributed by atoms with van der Waals surface area (Å²) in [6, 6.07) is 57.6. The van der Waals surface area contributed by atoms with Crippen LogP contribution < -0.4 is 0 Å². The average Bonchev–Trinajstić information content (AvgIpc) is 4.37. The summed E-state index contributed by atoms with van der Waals surface area (Å²) in [5.74, 6) is 2.62. The van der Waals surface area contributed by atoms with Crippen LogP contribution in [0.15, 0.2) is 201 Å². The van der Waals surface area contributed by atoms with Crippen LogP contribution in [0.2, 0.25) is 0 Å². The molecule has 0 aliphatic rings. The van der Waals surface area contributed by atoms with E-state index in [4.69, 9.17) is 44.9 Å². The Labute approximate surface area is 444 Å². The first-order valence-corrected chi connectivity index (χ1v) is 25.8. The molecule has 16 aromatic rings. The number of nitrogens with zero attached hydrogens (tertiary/aromatic N) is 12. The van der Waals surface area contributed by atoms with Crippen molar-refractivity contribution in [3.05, 3.63) is 201 Å². The third-order valence-electron chi connectivity index (χ3n) is 15.7. The number of aromatic nitrogens is 12. The fourth-order valence-electron chi connectivity index (χ4n) is 12.0. The number of pyridine rings is 6. The normalized spacial score (nSPS) is 12.0. The van der Waals surface area contributed by atoms with E-state index in [0.29, 0.717) is 0 Å². The molecule has 0 aliphatic carbocycles. The van der Waals surface area contributed by atoms with Crippen molar-refractivity contribution < 1.29 is 0 Å². The third kappa shape index (κ3) is 6.43. The molecule has 366 valence electrons. The van der Waals surface area contributed by atoms with Crippen LogP contribution in [0.25, 0.3) is 166 Å². The molecule has 0 saturated carbocycles. The summed E-state index contributed by atoms with van der Waals surface area (Å²) < 4.78 is 6.56. The van der Waals surface area contributed by atoms with Crippen molar-refractivity contribution >= 4 is 98.5 Å². The quantitative estimate of drug-likeness (QED) is 0.149. The van der Waals surface area contributed by atoms with E-state index in [1.165, 1.54) is 0 Å². The second-order valence-corrected chi connectivity index (χ2v) is 20.0. The highest BCUT2D eigenvalue weighted by molar-refractivity contribution is 6.23. The molecular weight excluding hydrogens is 961 g/mol. The van der Waals surface area contributed by atoms with Gasteiger partial charge in [0.2, 0.25) is 0 Å². The SMILES string of the molecule is Cn1c(-c2ccc(-c3cc(-c4ccc(-c5nc6c7cccnc7c7ncccc7c6n5C)cc4)cc(-c4ccc(-c5nc6c7cccnc7c7ncccc7c6n5C)cc4)c3)cc2)nc2c3cccnc3c3ncccc3c21. The molecule has 0 amide bonds. The predicted molar refractivity (Wildman–Crippen MR) is 314 cm³/mol. The van der Waals surface area contributed by atoms with E-state index in [-0.39, 0.29) is 0 Å². The van der Waals surface area contributed by atoms with E-state index in [1.54, 1.807) is 0 Å². The first kappa shape index (κ1) is 43.8. The van der Waals surface area contributed by atoms with Crippen molar-refractivity contribution in [2.24, 2.45) is 21.1 Å². The Morgan fingerprint density at radius 3 is 0.705 bits per heavy atom. The molecule has 0 fully saturated rings. The number of rotatable bonds is 6. The molecule has 0 spiro atoms. The molecule has 9 heterocycles. The Kier molecular flexibility index (Phi) is 9.38. The van der Waals surface area contributed by atoms with E-state index < -0.39 is 0 Å². The number of hydrogen-bond acceptors (Lipinski definition) is 9. The molecule has 78 heavy (non-hydrogen) atoms. The lowest BCUT2D eigenvalue weighted by Gasteiger charge is -2.13. The van der Waals surface area contributed by atoms with Crippen molar-refractivity contribution in [1.82, 2.24) is 58.6 Å². The summed E-state index contributed by atoms with van der Waals surface area (Å²) in [6.07, 6.45) is 10.9. The van der Waals surface area contributed by atoms with Crippen molar-refractivity contribution in [3.63, 3.8) is 0 Å². The lowest BCUT2D eigenvalue weighted by atomic mass is 9.92. The van der Waals surface area contributed by atoms with Crippen molar-refractivity contribution in [2.75, 3.05) is 0 Å². The lowest BCUT2D eigenvalue weighted by Crippen LogP contribution is -1.95. The number of benzene rings is 7. The fraction of sp³-hybridized carbons (Fsp3) is 0.0455. The molecule has 16 rings (SSSR count). The van der Waals surface area contributed by atoms with E-state index in [2.05, 4.69) is 162 Å². The molecule has 0 atom stereocenters. The van der Waals surface area contributed by atoms with Crippen molar-refractivity contribution in [3.8, 4) is 67.5 Å². The van der Waals surface area contributed by atoms with E-state index >= 15 is 0 Å². The molecule has 0 radical (unpaired) electrons. The summed E-state index contributed by atoms with van der Waals surface area (Å²) in [4.78, 5) is 44.4. The number of aryl methyl sites for hydroxylation is 3. The van der Waals surface area contributed by atoms with Gasteiger partial charge in [-0.3, -0.25) is 29.9 Å². The maximum atomic E-state index is 5.29. The summed E-state index contributed by atoms with van der Waals surface area (Å²) in [7, 11) is 6.26. The molecule has 0 N–H and O–H groups in total. The number of imidazole rings is 3. The molecule has 12 heteroatoms. The third-order valence-corrected chi connectivity index (χ3v) is 15.7. The Hall–Kier alpha value is -10.6. The predicted octanol–water partition coefficient (Wildman–Crippen LogP) is 14.6. The molecule has 7 aromatic carbocycles. The topological polar surface area (TPSA) is 131 Å². The maximum Gasteiger partial charge on any atom is 0.140 e. The fourth-order valence-corrected chi connectivity index (χ4v) is 12.0. The summed E-state index contributed by atoms with van der Waals surface area (Å²) >= 11 is 0. The molecule has 0 bridgehead atoms. The number of hydrogen-bond donors (Lipinski definition) is 0.